The quantitative estimate of drug-likeness (QED) is 0.816. The molecular formula is C12H17NO2. The fourth-order valence-corrected chi connectivity index (χ4v) is 1.08. The Morgan fingerprint density at radius 1 is 1.33 bits per heavy atom. The van der Waals surface area contributed by atoms with E-state index in [1.165, 1.54) is 7.11 Å². The molecule has 0 atom stereocenters. The largest absolute Gasteiger partial charge is 0.369 e. The first kappa shape index (κ1) is 11.7. The summed E-state index contributed by atoms with van der Waals surface area (Å²) in [5, 5.41) is 2.83. The molecule has 1 rings (SSSR count). The Hall–Kier alpha value is -1.35. The summed E-state index contributed by atoms with van der Waals surface area (Å²) in [5.41, 5.74) is 0.312. The van der Waals surface area contributed by atoms with Crippen molar-refractivity contribution in [3.05, 3.63) is 35.9 Å². The highest BCUT2D eigenvalue weighted by Gasteiger charge is 2.26. The van der Waals surface area contributed by atoms with Crippen LogP contribution in [0.1, 0.15) is 19.4 Å². The molecular weight excluding hydrogens is 190 g/mol. The predicted octanol–water partition coefficient (Wildman–Crippen LogP) is 1.73. The number of carbonyl (C=O) groups excluding carboxylic acids is 1. The molecule has 0 aliphatic heterocycles. The van der Waals surface area contributed by atoms with Crippen molar-refractivity contribution in [3.63, 3.8) is 0 Å². The lowest BCUT2D eigenvalue weighted by Crippen LogP contribution is -2.43. The van der Waals surface area contributed by atoms with E-state index in [9.17, 15) is 4.79 Å². The van der Waals surface area contributed by atoms with Crippen molar-refractivity contribution >= 4 is 5.91 Å². The first-order valence-corrected chi connectivity index (χ1v) is 4.93. The monoisotopic (exact) mass is 207 g/mol. The summed E-state index contributed by atoms with van der Waals surface area (Å²) in [6.45, 7) is 4.02. The highest BCUT2D eigenvalue weighted by molar-refractivity contribution is 5.84. The minimum atomic E-state index is -0.769. The van der Waals surface area contributed by atoms with Gasteiger partial charge in [-0.05, 0) is 19.4 Å². The van der Waals surface area contributed by atoms with Crippen molar-refractivity contribution in [2.75, 3.05) is 7.11 Å². The maximum absolute atomic E-state index is 11.6. The van der Waals surface area contributed by atoms with Crippen LogP contribution in [0.15, 0.2) is 30.3 Å². The Kier molecular flexibility index (Phi) is 3.86. The van der Waals surface area contributed by atoms with Crippen LogP contribution in [-0.2, 0) is 16.1 Å². The van der Waals surface area contributed by atoms with Crippen molar-refractivity contribution in [3.8, 4) is 0 Å². The van der Waals surface area contributed by atoms with Crippen LogP contribution in [0.25, 0.3) is 0 Å². The van der Waals surface area contributed by atoms with Crippen molar-refractivity contribution in [2.24, 2.45) is 0 Å². The first-order valence-electron chi connectivity index (χ1n) is 4.93. The fourth-order valence-electron chi connectivity index (χ4n) is 1.08. The van der Waals surface area contributed by atoms with Crippen molar-refractivity contribution < 1.29 is 9.53 Å². The second kappa shape index (κ2) is 4.94. The topological polar surface area (TPSA) is 38.3 Å². The van der Waals surface area contributed by atoms with E-state index in [1.807, 2.05) is 30.3 Å². The molecule has 1 aromatic carbocycles. The smallest absolute Gasteiger partial charge is 0.251 e. The van der Waals surface area contributed by atoms with E-state index in [4.69, 9.17) is 4.74 Å². The summed E-state index contributed by atoms with van der Waals surface area (Å²) in [6, 6.07) is 9.79. The van der Waals surface area contributed by atoms with E-state index < -0.39 is 5.60 Å². The molecule has 0 aliphatic rings. The highest BCUT2D eigenvalue weighted by Crippen LogP contribution is 2.07. The van der Waals surface area contributed by atoms with Gasteiger partial charge in [0.05, 0.1) is 0 Å². The van der Waals surface area contributed by atoms with Crippen LogP contribution < -0.4 is 5.32 Å². The molecule has 0 fully saturated rings. The summed E-state index contributed by atoms with van der Waals surface area (Å²) >= 11 is 0. The Morgan fingerprint density at radius 2 is 1.93 bits per heavy atom. The summed E-state index contributed by atoms with van der Waals surface area (Å²) in [7, 11) is 1.53. The van der Waals surface area contributed by atoms with Gasteiger partial charge in [-0.2, -0.15) is 0 Å². The van der Waals surface area contributed by atoms with Gasteiger partial charge in [-0.1, -0.05) is 30.3 Å². The zero-order valence-corrected chi connectivity index (χ0v) is 9.41. The maximum atomic E-state index is 11.6. The Balaban J connectivity index is 2.48. The van der Waals surface area contributed by atoms with Crippen LogP contribution in [0.3, 0.4) is 0 Å². The van der Waals surface area contributed by atoms with Gasteiger partial charge in [-0.15, -0.1) is 0 Å². The zero-order chi connectivity index (χ0) is 11.3. The van der Waals surface area contributed by atoms with Crippen LogP contribution in [0, 0.1) is 0 Å². The molecule has 0 saturated carbocycles. The number of methoxy groups -OCH3 is 1. The number of nitrogens with one attached hydrogen (secondary N) is 1. The van der Waals surface area contributed by atoms with E-state index in [1.54, 1.807) is 13.8 Å². The molecule has 0 spiro atoms. The van der Waals surface area contributed by atoms with Crippen LogP contribution in [0.2, 0.25) is 0 Å². The predicted molar refractivity (Wildman–Crippen MR) is 59.4 cm³/mol. The van der Waals surface area contributed by atoms with Crippen LogP contribution >= 0.6 is 0 Å². The Bertz CT molecular complexity index is 320. The third kappa shape index (κ3) is 3.36. The molecule has 0 unspecified atom stereocenters. The molecule has 1 amide bonds. The number of benzene rings is 1. The molecule has 15 heavy (non-hydrogen) atoms. The normalized spacial score (nSPS) is 11.1. The summed E-state index contributed by atoms with van der Waals surface area (Å²) in [4.78, 5) is 11.6. The van der Waals surface area contributed by atoms with Crippen LogP contribution in [-0.4, -0.2) is 18.6 Å². The highest BCUT2D eigenvalue weighted by atomic mass is 16.5. The molecule has 0 radical (unpaired) electrons. The summed E-state index contributed by atoms with van der Waals surface area (Å²) in [5.74, 6) is -0.103. The van der Waals surface area contributed by atoms with E-state index in [-0.39, 0.29) is 5.91 Å². The third-order valence-corrected chi connectivity index (χ3v) is 2.35. The van der Waals surface area contributed by atoms with E-state index in [0.717, 1.165) is 5.56 Å². The minimum absolute atomic E-state index is 0.103. The fraction of sp³-hybridized carbons (Fsp3) is 0.417. The van der Waals surface area contributed by atoms with Crippen molar-refractivity contribution in [1.29, 1.82) is 0 Å². The van der Waals surface area contributed by atoms with E-state index >= 15 is 0 Å². The number of carbonyl (C=O) groups is 1. The molecule has 0 aromatic heterocycles. The molecule has 82 valence electrons. The number of ether oxygens (including phenoxy) is 1. The van der Waals surface area contributed by atoms with E-state index in [0.29, 0.717) is 6.54 Å². The molecule has 3 nitrogen and oxygen atoms in total. The number of amides is 1. The van der Waals surface area contributed by atoms with Crippen molar-refractivity contribution in [1.82, 2.24) is 5.32 Å². The molecule has 0 heterocycles. The number of hydrogen-bond donors (Lipinski definition) is 1. The van der Waals surface area contributed by atoms with Gasteiger partial charge >= 0.3 is 0 Å². The second-order valence-corrected chi connectivity index (χ2v) is 3.88. The molecule has 0 aliphatic carbocycles. The molecule has 0 saturated heterocycles. The van der Waals surface area contributed by atoms with Gasteiger partial charge < -0.3 is 10.1 Å². The molecule has 3 heteroatoms. The van der Waals surface area contributed by atoms with E-state index in [2.05, 4.69) is 5.32 Å². The lowest BCUT2D eigenvalue weighted by Gasteiger charge is -2.21. The van der Waals surface area contributed by atoms with Gasteiger partial charge in [0.25, 0.3) is 5.91 Å². The van der Waals surface area contributed by atoms with Crippen molar-refractivity contribution in [2.45, 2.75) is 26.0 Å². The summed E-state index contributed by atoms with van der Waals surface area (Å²) < 4.78 is 5.08. The average Bonchev–Trinajstić information content (AvgIpc) is 2.27. The standard InChI is InChI=1S/C12H17NO2/c1-12(2,15-3)11(14)13-9-10-7-5-4-6-8-10/h4-8H,9H2,1-3H3,(H,13,14). The zero-order valence-electron chi connectivity index (χ0n) is 9.41. The van der Waals surface area contributed by atoms with Gasteiger partial charge in [-0.25, -0.2) is 0 Å². The minimum Gasteiger partial charge on any atom is -0.369 e. The van der Waals surface area contributed by atoms with Gasteiger partial charge in [0.2, 0.25) is 0 Å². The molecule has 1 aromatic rings. The molecule has 1 N–H and O–H groups in total. The Labute approximate surface area is 90.4 Å². The second-order valence-electron chi connectivity index (χ2n) is 3.88. The van der Waals surface area contributed by atoms with Gasteiger partial charge in [-0.3, -0.25) is 4.79 Å². The lowest BCUT2D eigenvalue weighted by atomic mass is 10.1. The van der Waals surface area contributed by atoms with Gasteiger partial charge in [0.15, 0.2) is 0 Å². The molecule has 0 bridgehead atoms. The maximum Gasteiger partial charge on any atom is 0.251 e. The Morgan fingerprint density at radius 3 is 2.47 bits per heavy atom. The lowest BCUT2D eigenvalue weighted by molar-refractivity contribution is -0.139. The summed E-state index contributed by atoms with van der Waals surface area (Å²) in [6.07, 6.45) is 0. The van der Waals surface area contributed by atoms with Gasteiger partial charge in [0, 0.05) is 13.7 Å². The van der Waals surface area contributed by atoms with Gasteiger partial charge in [0.1, 0.15) is 5.60 Å². The first-order chi connectivity index (χ1) is 7.06. The average molecular weight is 207 g/mol. The third-order valence-electron chi connectivity index (χ3n) is 2.35. The number of rotatable bonds is 4. The van der Waals surface area contributed by atoms with Crippen LogP contribution in [0.5, 0.6) is 0 Å². The SMILES string of the molecule is COC(C)(C)C(=O)NCc1ccccc1. The number of hydrogen-bond acceptors (Lipinski definition) is 2. The van der Waals surface area contributed by atoms with Crippen LogP contribution in [0.4, 0.5) is 0 Å².